The summed E-state index contributed by atoms with van der Waals surface area (Å²) in [7, 11) is 0. The van der Waals surface area contributed by atoms with Crippen LogP contribution in [0.25, 0.3) is 0 Å². The Bertz CT molecular complexity index is 507. The van der Waals surface area contributed by atoms with Crippen molar-refractivity contribution in [2.24, 2.45) is 0 Å². The SMILES string of the molecule is O=C1CCN(Cc2cc([N+](=O)[O-])ccc2Cl)CCN1. The molecule has 1 aliphatic heterocycles. The minimum atomic E-state index is -0.437. The molecule has 1 heterocycles. The van der Waals surface area contributed by atoms with Gasteiger partial charge in [0, 0.05) is 49.8 Å². The molecule has 0 spiro atoms. The van der Waals surface area contributed by atoms with Crippen LogP contribution >= 0.6 is 11.6 Å². The lowest BCUT2D eigenvalue weighted by molar-refractivity contribution is -0.384. The highest BCUT2D eigenvalue weighted by atomic mass is 35.5. The van der Waals surface area contributed by atoms with E-state index in [4.69, 9.17) is 11.6 Å². The Balaban J connectivity index is 2.11. The van der Waals surface area contributed by atoms with E-state index in [0.717, 1.165) is 0 Å². The van der Waals surface area contributed by atoms with Gasteiger partial charge < -0.3 is 5.32 Å². The molecular formula is C12H14ClN3O3. The maximum absolute atomic E-state index is 11.2. The number of nitro benzene ring substituents is 1. The van der Waals surface area contributed by atoms with Crippen molar-refractivity contribution in [3.8, 4) is 0 Å². The Hall–Kier alpha value is -1.66. The van der Waals surface area contributed by atoms with Gasteiger partial charge in [-0.25, -0.2) is 0 Å². The molecule has 1 aliphatic rings. The molecule has 7 heteroatoms. The lowest BCUT2D eigenvalue weighted by Gasteiger charge is -2.19. The minimum absolute atomic E-state index is 0.0309. The number of carbonyl (C=O) groups excluding carboxylic acids is 1. The van der Waals surface area contributed by atoms with Gasteiger partial charge in [-0.15, -0.1) is 0 Å². The molecule has 1 aromatic rings. The number of non-ortho nitro benzene ring substituents is 1. The van der Waals surface area contributed by atoms with Gasteiger partial charge in [-0.1, -0.05) is 11.6 Å². The molecule has 0 atom stereocenters. The number of amides is 1. The van der Waals surface area contributed by atoms with E-state index in [9.17, 15) is 14.9 Å². The summed E-state index contributed by atoms with van der Waals surface area (Å²) >= 11 is 6.06. The van der Waals surface area contributed by atoms with Crippen LogP contribution in [0.15, 0.2) is 18.2 Å². The molecule has 1 fully saturated rings. The smallest absolute Gasteiger partial charge is 0.269 e. The first-order chi connectivity index (χ1) is 9.06. The van der Waals surface area contributed by atoms with Crippen molar-refractivity contribution in [1.82, 2.24) is 10.2 Å². The molecule has 0 bridgehead atoms. The topological polar surface area (TPSA) is 75.5 Å². The lowest BCUT2D eigenvalue weighted by Crippen LogP contribution is -2.28. The molecule has 1 N–H and O–H groups in total. The fourth-order valence-corrected chi connectivity index (χ4v) is 2.19. The first kappa shape index (κ1) is 13.8. The summed E-state index contributed by atoms with van der Waals surface area (Å²) in [6.07, 6.45) is 0.437. The Morgan fingerprint density at radius 3 is 2.95 bits per heavy atom. The summed E-state index contributed by atoms with van der Waals surface area (Å²) in [6, 6.07) is 4.41. The van der Waals surface area contributed by atoms with Crippen molar-refractivity contribution < 1.29 is 9.72 Å². The zero-order valence-electron chi connectivity index (χ0n) is 10.3. The second-order valence-corrected chi connectivity index (χ2v) is 4.82. The first-order valence-electron chi connectivity index (χ1n) is 5.98. The van der Waals surface area contributed by atoms with E-state index in [0.29, 0.717) is 43.2 Å². The van der Waals surface area contributed by atoms with Crippen molar-refractivity contribution in [2.75, 3.05) is 19.6 Å². The van der Waals surface area contributed by atoms with Crippen LogP contribution in [0.2, 0.25) is 5.02 Å². The Morgan fingerprint density at radius 2 is 2.21 bits per heavy atom. The first-order valence-corrected chi connectivity index (χ1v) is 6.36. The largest absolute Gasteiger partial charge is 0.355 e. The van der Waals surface area contributed by atoms with E-state index in [1.165, 1.54) is 18.2 Å². The van der Waals surface area contributed by atoms with Gasteiger partial charge in [0.1, 0.15) is 0 Å². The monoisotopic (exact) mass is 283 g/mol. The maximum Gasteiger partial charge on any atom is 0.269 e. The van der Waals surface area contributed by atoms with Crippen LogP contribution in [0.5, 0.6) is 0 Å². The van der Waals surface area contributed by atoms with Gasteiger partial charge in [0.25, 0.3) is 5.69 Å². The third-order valence-corrected chi connectivity index (χ3v) is 3.41. The fourth-order valence-electron chi connectivity index (χ4n) is 2.01. The van der Waals surface area contributed by atoms with Crippen LogP contribution in [-0.4, -0.2) is 35.4 Å². The number of hydrogen-bond acceptors (Lipinski definition) is 4. The normalized spacial score (nSPS) is 16.8. The number of benzene rings is 1. The van der Waals surface area contributed by atoms with Gasteiger partial charge in [0.05, 0.1) is 4.92 Å². The molecule has 0 unspecified atom stereocenters. The van der Waals surface area contributed by atoms with Gasteiger partial charge in [0.15, 0.2) is 0 Å². The van der Waals surface area contributed by atoms with Gasteiger partial charge in [-0.05, 0) is 11.6 Å². The predicted octanol–water partition coefficient (Wildman–Crippen LogP) is 1.57. The van der Waals surface area contributed by atoms with Gasteiger partial charge >= 0.3 is 0 Å². The van der Waals surface area contributed by atoms with Crippen LogP contribution in [0.1, 0.15) is 12.0 Å². The molecular weight excluding hydrogens is 270 g/mol. The summed E-state index contributed by atoms with van der Waals surface area (Å²) < 4.78 is 0. The highest BCUT2D eigenvalue weighted by Gasteiger charge is 2.16. The molecule has 1 amide bonds. The second-order valence-electron chi connectivity index (χ2n) is 4.41. The average Bonchev–Trinajstić information content (AvgIpc) is 2.57. The van der Waals surface area contributed by atoms with E-state index in [1.807, 2.05) is 0 Å². The number of nitrogens with one attached hydrogen (secondary N) is 1. The molecule has 0 radical (unpaired) electrons. The number of rotatable bonds is 3. The summed E-state index contributed by atoms with van der Waals surface area (Å²) in [5, 5.41) is 14.0. The summed E-state index contributed by atoms with van der Waals surface area (Å²) in [5.41, 5.74) is 0.744. The van der Waals surface area contributed by atoms with E-state index in [-0.39, 0.29) is 11.6 Å². The standard InChI is InChI=1S/C12H14ClN3O3/c13-11-2-1-10(16(18)19)7-9(11)8-15-5-3-12(17)14-4-6-15/h1-2,7H,3-6,8H2,(H,14,17). The maximum atomic E-state index is 11.2. The van der Waals surface area contributed by atoms with Crippen LogP contribution in [0.4, 0.5) is 5.69 Å². The fraction of sp³-hybridized carbons (Fsp3) is 0.417. The number of hydrogen-bond donors (Lipinski definition) is 1. The van der Waals surface area contributed by atoms with Crippen LogP contribution in [-0.2, 0) is 11.3 Å². The van der Waals surface area contributed by atoms with Crippen molar-refractivity contribution in [3.05, 3.63) is 38.9 Å². The molecule has 1 aromatic carbocycles. The minimum Gasteiger partial charge on any atom is -0.355 e. The lowest BCUT2D eigenvalue weighted by atomic mass is 10.2. The third kappa shape index (κ3) is 3.65. The third-order valence-electron chi connectivity index (χ3n) is 3.04. The number of halogens is 1. The second kappa shape index (κ2) is 5.99. The zero-order chi connectivity index (χ0) is 13.8. The predicted molar refractivity (Wildman–Crippen MR) is 71.0 cm³/mol. The van der Waals surface area contributed by atoms with E-state index in [2.05, 4.69) is 10.2 Å². The van der Waals surface area contributed by atoms with E-state index in [1.54, 1.807) is 0 Å². The summed E-state index contributed by atoms with van der Waals surface area (Å²) in [6.45, 7) is 2.44. The van der Waals surface area contributed by atoms with Crippen LogP contribution in [0, 0.1) is 10.1 Å². The average molecular weight is 284 g/mol. The Kier molecular flexibility index (Phi) is 4.34. The summed E-state index contributed by atoms with van der Waals surface area (Å²) in [4.78, 5) is 23.6. The Labute approximate surface area is 115 Å². The highest BCUT2D eigenvalue weighted by Crippen LogP contribution is 2.23. The zero-order valence-corrected chi connectivity index (χ0v) is 11.0. The molecule has 0 aromatic heterocycles. The van der Waals surface area contributed by atoms with Crippen molar-refractivity contribution >= 4 is 23.2 Å². The summed E-state index contributed by atoms with van der Waals surface area (Å²) in [5.74, 6) is 0.0349. The molecule has 2 rings (SSSR count). The van der Waals surface area contributed by atoms with Crippen molar-refractivity contribution in [1.29, 1.82) is 0 Å². The van der Waals surface area contributed by atoms with Crippen LogP contribution < -0.4 is 5.32 Å². The molecule has 0 saturated carbocycles. The molecule has 0 aliphatic carbocycles. The molecule has 102 valence electrons. The molecule has 19 heavy (non-hydrogen) atoms. The quantitative estimate of drug-likeness (QED) is 0.675. The van der Waals surface area contributed by atoms with Gasteiger partial charge in [-0.3, -0.25) is 19.8 Å². The number of nitro groups is 1. The van der Waals surface area contributed by atoms with E-state index < -0.39 is 4.92 Å². The van der Waals surface area contributed by atoms with E-state index >= 15 is 0 Å². The van der Waals surface area contributed by atoms with Crippen molar-refractivity contribution in [3.63, 3.8) is 0 Å². The molecule has 1 saturated heterocycles. The van der Waals surface area contributed by atoms with Crippen LogP contribution in [0.3, 0.4) is 0 Å². The highest BCUT2D eigenvalue weighted by molar-refractivity contribution is 6.31. The van der Waals surface area contributed by atoms with Crippen molar-refractivity contribution in [2.45, 2.75) is 13.0 Å². The number of carbonyl (C=O) groups is 1. The number of nitrogens with zero attached hydrogens (tertiary/aromatic N) is 2. The van der Waals surface area contributed by atoms with Gasteiger partial charge in [0.2, 0.25) is 5.91 Å². The van der Waals surface area contributed by atoms with Gasteiger partial charge in [-0.2, -0.15) is 0 Å². The molecule has 6 nitrogen and oxygen atoms in total. The Morgan fingerprint density at radius 1 is 1.42 bits per heavy atom.